The van der Waals surface area contributed by atoms with Gasteiger partial charge in [0.1, 0.15) is 12.6 Å². The lowest BCUT2D eigenvalue weighted by Crippen LogP contribution is -2.50. The van der Waals surface area contributed by atoms with Crippen molar-refractivity contribution in [3.63, 3.8) is 0 Å². The first-order chi connectivity index (χ1) is 17.5. The Morgan fingerprint density at radius 2 is 1.59 bits per heavy atom. The van der Waals surface area contributed by atoms with Crippen molar-refractivity contribution < 1.29 is 19.5 Å². The highest BCUT2D eigenvalue weighted by atomic mass is 32.2. The van der Waals surface area contributed by atoms with Crippen molar-refractivity contribution in [3.05, 3.63) is 23.1 Å². The second kappa shape index (κ2) is 20.8. The summed E-state index contributed by atoms with van der Waals surface area (Å²) < 4.78 is 0. The highest BCUT2D eigenvalue weighted by Crippen LogP contribution is 2.22. The van der Waals surface area contributed by atoms with Gasteiger partial charge in [0.15, 0.2) is 0 Å². The summed E-state index contributed by atoms with van der Waals surface area (Å²) in [5.41, 5.74) is 6.38. The number of urea groups is 1. The van der Waals surface area contributed by atoms with Gasteiger partial charge in [0, 0.05) is 11.5 Å². The van der Waals surface area contributed by atoms with E-state index in [-0.39, 0.29) is 12.4 Å². The Bertz CT molecular complexity index is 751. The van der Waals surface area contributed by atoms with Crippen LogP contribution in [0.15, 0.2) is 11.6 Å². The quantitative estimate of drug-likeness (QED) is 0.0951. The molecule has 3 amide bonds. The predicted octanol–water partition coefficient (Wildman–Crippen LogP) is 5.93. The Morgan fingerprint density at radius 3 is 2.11 bits per heavy atom. The summed E-state index contributed by atoms with van der Waals surface area (Å²) >= 11 is 1.42. The van der Waals surface area contributed by atoms with Crippen LogP contribution in [0.2, 0.25) is 0 Å². The number of nitrogens with two attached hydrogens (primary N) is 1. The maximum absolute atomic E-state index is 12.2. The summed E-state index contributed by atoms with van der Waals surface area (Å²) in [6, 6.07) is -1.91. The minimum Gasteiger partial charge on any atom is -0.480 e. The molecule has 0 aliphatic carbocycles. The number of carbonyl (C=O) groups excluding carboxylic acids is 2. The molecule has 0 aromatic rings. The number of carboxylic acids is 1. The topological polar surface area (TPSA) is 117 Å². The van der Waals surface area contributed by atoms with Crippen LogP contribution in [-0.4, -0.2) is 58.7 Å². The van der Waals surface area contributed by atoms with Crippen LogP contribution in [0.4, 0.5) is 4.79 Å². The Hall–Kier alpha value is -2.21. The van der Waals surface area contributed by atoms with E-state index >= 15 is 0 Å². The first kappa shape index (κ1) is 34.8. The standard InChI is InChI=1S/C28H50N4O4S/c1-21(2)10-7-11-22(3)12-8-13-23(4)14-9-15-24(5)16-17-37-19-25(27(34)35)31-28(36)32(20-30-6)18-26(29)33/h16,21-23,25H,7-15,17-20H2,1-5H3,(H2,29,33)(H,31,36)(H,34,35)/b24-16+/t22?,23?,25-/m0/s1. The number of nitrogens with one attached hydrogen (secondary N) is 1. The molecule has 9 heteroatoms. The van der Waals surface area contributed by atoms with E-state index in [9.17, 15) is 19.5 Å². The largest absolute Gasteiger partial charge is 0.480 e. The number of rotatable bonds is 21. The van der Waals surface area contributed by atoms with Crippen LogP contribution >= 0.6 is 11.8 Å². The number of primary amides is 1. The number of carbonyl (C=O) groups is 3. The molecule has 212 valence electrons. The lowest BCUT2D eigenvalue weighted by Gasteiger charge is -2.19. The summed E-state index contributed by atoms with van der Waals surface area (Å²) in [7, 11) is 0. The zero-order valence-electron chi connectivity index (χ0n) is 23.6. The van der Waals surface area contributed by atoms with Gasteiger partial charge in [-0.2, -0.15) is 11.8 Å². The Labute approximate surface area is 229 Å². The third kappa shape index (κ3) is 19.6. The highest BCUT2D eigenvalue weighted by molar-refractivity contribution is 7.99. The fourth-order valence-electron chi connectivity index (χ4n) is 4.07. The molecule has 0 bridgehead atoms. The van der Waals surface area contributed by atoms with Gasteiger partial charge in [0.2, 0.25) is 5.91 Å². The molecule has 8 nitrogen and oxygen atoms in total. The highest BCUT2D eigenvalue weighted by Gasteiger charge is 2.25. The number of thioether (sulfide) groups is 1. The molecular formula is C28H50N4O4S. The summed E-state index contributed by atoms with van der Waals surface area (Å²) in [6.07, 6.45) is 13.5. The molecule has 0 rings (SSSR count). The number of aliphatic carboxylic acids is 1. The summed E-state index contributed by atoms with van der Waals surface area (Å²) in [6.45, 7) is 17.5. The fraction of sp³-hybridized carbons (Fsp3) is 0.786. The number of allylic oxidation sites excluding steroid dienone is 1. The number of carboxylic acid groups (broad SMARTS) is 1. The predicted molar refractivity (Wildman–Crippen MR) is 153 cm³/mol. The summed E-state index contributed by atoms with van der Waals surface area (Å²) in [5, 5.41) is 11.8. The number of nitrogens with zero attached hydrogens (tertiary/aromatic N) is 2. The second-order valence-electron chi connectivity index (χ2n) is 10.8. The van der Waals surface area contributed by atoms with Gasteiger partial charge in [0.25, 0.3) is 6.67 Å². The normalized spacial score (nSPS) is 14.0. The minimum absolute atomic E-state index is 0.181. The van der Waals surface area contributed by atoms with E-state index in [4.69, 9.17) is 12.3 Å². The Balaban J connectivity index is 4.22. The van der Waals surface area contributed by atoms with Crippen LogP contribution in [0.3, 0.4) is 0 Å². The Kier molecular flexibility index (Phi) is 19.6. The van der Waals surface area contributed by atoms with Crippen LogP contribution in [0, 0.1) is 24.3 Å². The van der Waals surface area contributed by atoms with E-state index in [0.717, 1.165) is 35.5 Å². The molecular weight excluding hydrogens is 488 g/mol. The van der Waals surface area contributed by atoms with Crippen LogP contribution in [0.1, 0.15) is 92.4 Å². The molecule has 0 aromatic carbocycles. The van der Waals surface area contributed by atoms with Crippen molar-refractivity contribution in [2.75, 3.05) is 24.7 Å². The van der Waals surface area contributed by atoms with Crippen molar-refractivity contribution in [1.82, 2.24) is 10.2 Å². The van der Waals surface area contributed by atoms with Gasteiger partial charge in [-0.25, -0.2) is 21.1 Å². The fourth-order valence-corrected chi connectivity index (χ4v) is 5.07. The molecule has 0 spiro atoms. The van der Waals surface area contributed by atoms with Crippen molar-refractivity contribution >= 4 is 29.7 Å². The molecule has 0 heterocycles. The zero-order chi connectivity index (χ0) is 28.2. The average Bonchev–Trinajstić information content (AvgIpc) is 2.79. The minimum atomic E-state index is -1.16. The van der Waals surface area contributed by atoms with E-state index in [1.165, 1.54) is 62.3 Å². The van der Waals surface area contributed by atoms with Gasteiger partial charge >= 0.3 is 12.0 Å². The van der Waals surface area contributed by atoms with E-state index in [2.05, 4.69) is 50.9 Å². The van der Waals surface area contributed by atoms with Gasteiger partial charge in [-0.1, -0.05) is 84.3 Å². The summed E-state index contributed by atoms with van der Waals surface area (Å²) in [4.78, 5) is 38.8. The van der Waals surface area contributed by atoms with Crippen LogP contribution in [0.5, 0.6) is 0 Å². The van der Waals surface area contributed by atoms with Gasteiger partial charge in [0.05, 0.1) is 0 Å². The molecule has 0 aliphatic rings. The zero-order valence-corrected chi connectivity index (χ0v) is 24.4. The van der Waals surface area contributed by atoms with Gasteiger partial charge in [-0.3, -0.25) is 9.64 Å². The average molecular weight is 539 g/mol. The first-order valence-electron chi connectivity index (χ1n) is 13.6. The SMILES string of the molecule is [C-]#[N+]CN(CC(N)=O)C(=O)N[C@@H](CSC/C=C(\C)CCCC(C)CCCC(C)CCCC(C)C)C(=O)O. The van der Waals surface area contributed by atoms with Crippen molar-refractivity contribution in [3.8, 4) is 0 Å². The molecule has 2 unspecified atom stereocenters. The maximum Gasteiger partial charge on any atom is 0.327 e. The lowest BCUT2D eigenvalue weighted by molar-refractivity contribution is -0.138. The Morgan fingerprint density at radius 1 is 1.03 bits per heavy atom. The van der Waals surface area contributed by atoms with Crippen LogP contribution in [0.25, 0.3) is 4.85 Å². The summed E-state index contributed by atoms with van der Waals surface area (Å²) in [5.74, 6) is 1.28. The van der Waals surface area contributed by atoms with Crippen LogP contribution < -0.4 is 11.1 Å². The van der Waals surface area contributed by atoms with Gasteiger partial charge < -0.3 is 16.2 Å². The maximum atomic E-state index is 12.2. The lowest BCUT2D eigenvalue weighted by atomic mass is 9.91. The number of amides is 3. The smallest absolute Gasteiger partial charge is 0.327 e. The molecule has 0 fully saturated rings. The van der Waals surface area contributed by atoms with Crippen molar-refractivity contribution in [2.24, 2.45) is 23.5 Å². The first-order valence-corrected chi connectivity index (χ1v) is 14.7. The molecule has 0 saturated heterocycles. The molecule has 0 aliphatic heterocycles. The van der Waals surface area contributed by atoms with Gasteiger partial charge in [-0.05, 0) is 37.5 Å². The monoisotopic (exact) mass is 538 g/mol. The molecule has 3 atom stereocenters. The molecule has 0 saturated carbocycles. The van der Waals surface area contributed by atoms with Crippen molar-refractivity contribution in [2.45, 2.75) is 98.4 Å². The molecule has 37 heavy (non-hydrogen) atoms. The van der Waals surface area contributed by atoms with E-state index < -0.39 is 30.5 Å². The number of hydrogen-bond donors (Lipinski definition) is 3. The van der Waals surface area contributed by atoms with E-state index in [1.54, 1.807) is 0 Å². The van der Waals surface area contributed by atoms with Crippen LogP contribution in [-0.2, 0) is 9.59 Å². The molecule has 4 N–H and O–H groups in total. The van der Waals surface area contributed by atoms with E-state index in [0.29, 0.717) is 5.75 Å². The molecule has 0 radical (unpaired) electrons. The van der Waals surface area contributed by atoms with Gasteiger partial charge in [-0.15, -0.1) is 0 Å². The van der Waals surface area contributed by atoms with E-state index in [1.807, 2.05) is 0 Å². The molecule has 0 aromatic heterocycles. The number of hydrogen-bond acceptors (Lipinski definition) is 4. The van der Waals surface area contributed by atoms with Crippen molar-refractivity contribution in [1.29, 1.82) is 0 Å². The third-order valence-corrected chi connectivity index (χ3v) is 7.42. The third-order valence-electron chi connectivity index (χ3n) is 6.45. The second-order valence-corrected chi connectivity index (χ2v) is 11.8.